The summed E-state index contributed by atoms with van der Waals surface area (Å²) in [4.78, 5) is 15.8. The van der Waals surface area contributed by atoms with E-state index in [0.29, 0.717) is 17.5 Å². The maximum absolute atomic E-state index is 6.53. The van der Waals surface area contributed by atoms with Gasteiger partial charge in [-0.2, -0.15) is 0 Å². The maximum atomic E-state index is 6.53. The Hall–Kier alpha value is -8.41. The van der Waals surface area contributed by atoms with Crippen LogP contribution in [0.25, 0.3) is 117 Å². The number of rotatable bonds is 7. The molecule has 3 heterocycles. The number of nitrogens with zero attached hydrogens (tertiary/aromatic N) is 4. The van der Waals surface area contributed by atoms with Crippen molar-refractivity contribution in [3.05, 3.63) is 218 Å². The quantitative estimate of drug-likeness (QED) is 0.161. The molecule has 5 heteroatoms. The largest absolute Gasteiger partial charge is 0.456 e. The highest BCUT2D eigenvalue weighted by Crippen LogP contribution is 2.45. The van der Waals surface area contributed by atoms with Gasteiger partial charge in [-0.25, -0.2) is 15.0 Å². The molecule has 12 rings (SSSR count). The molecule has 5 nitrogen and oxygen atoms in total. The number of aromatic nitrogens is 4. The lowest BCUT2D eigenvalue weighted by atomic mass is 9.87. The predicted molar refractivity (Wildman–Crippen MR) is 254 cm³/mol. The van der Waals surface area contributed by atoms with Crippen molar-refractivity contribution in [1.29, 1.82) is 0 Å². The molecule has 0 atom stereocenters. The molecule has 62 heavy (non-hydrogen) atoms. The first kappa shape index (κ1) is 35.5. The Kier molecular flexibility index (Phi) is 8.42. The average molecular weight is 793 g/mol. The minimum absolute atomic E-state index is 0.573. The molecule has 0 aliphatic rings. The molecule has 0 amide bonds. The van der Waals surface area contributed by atoms with E-state index in [1.807, 2.05) is 48.5 Å². The van der Waals surface area contributed by atoms with Crippen LogP contribution in [0.15, 0.2) is 223 Å². The molecule has 0 saturated heterocycles. The fourth-order valence-corrected chi connectivity index (χ4v) is 9.02. The van der Waals surface area contributed by atoms with Crippen LogP contribution >= 0.6 is 0 Å². The molecule has 0 bridgehead atoms. The zero-order valence-electron chi connectivity index (χ0n) is 33.5. The van der Waals surface area contributed by atoms with Crippen LogP contribution < -0.4 is 0 Å². The molecule has 3 aromatic heterocycles. The van der Waals surface area contributed by atoms with Gasteiger partial charge in [0.2, 0.25) is 0 Å². The minimum Gasteiger partial charge on any atom is -0.456 e. The Morgan fingerprint density at radius 2 is 0.839 bits per heavy atom. The molecule has 0 unspecified atom stereocenters. The first-order valence-electron chi connectivity index (χ1n) is 20.9. The van der Waals surface area contributed by atoms with E-state index >= 15 is 0 Å². The molecule has 0 fully saturated rings. The summed E-state index contributed by atoms with van der Waals surface area (Å²) >= 11 is 0. The molecule has 0 aliphatic carbocycles. The zero-order chi connectivity index (χ0) is 41.0. The molecule has 0 saturated carbocycles. The number of benzene rings is 9. The normalized spacial score (nSPS) is 11.5. The Morgan fingerprint density at radius 1 is 0.306 bits per heavy atom. The molecule has 12 aromatic rings. The Bertz CT molecular complexity index is 3500. The lowest BCUT2D eigenvalue weighted by Crippen LogP contribution is -2.04. The number of para-hydroxylation sites is 2. The van der Waals surface area contributed by atoms with Gasteiger partial charge in [0.25, 0.3) is 0 Å². The molecule has 290 valence electrons. The fraction of sp³-hybridized carbons (Fsp3) is 0. The van der Waals surface area contributed by atoms with Gasteiger partial charge in [-0.15, -0.1) is 0 Å². The van der Waals surface area contributed by atoms with Crippen molar-refractivity contribution < 1.29 is 4.42 Å². The molecule has 0 N–H and O–H groups in total. The Labute approximate surface area is 357 Å². The standard InChI is InChI=1S/C57H36N4O/c1-5-18-37(19-6-1)42-28-17-29-43(38-20-7-2-8-21-38)54(42)41-32-33-50(48(34-41)57-59-55(39-22-9-3-10-23-39)58-56(60-57)40-24-11-4-12-25-40)61-49-30-15-13-26-44(49)46-35-47-45-27-14-16-31-52(45)62-53(47)36-51(46)61/h1-36H. The van der Waals surface area contributed by atoms with Gasteiger partial charge < -0.3 is 8.98 Å². The highest BCUT2D eigenvalue weighted by atomic mass is 16.3. The van der Waals surface area contributed by atoms with Gasteiger partial charge in [-0.05, 0) is 63.7 Å². The van der Waals surface area contributed by atoms with E-state index < -0.39 is 0 Å². The van der Waals surface area contributed by atoms with Crippen molar-refractivity contribution >= 4 is 43.7 Å². The van der Waals surface area contributed by atoms with Gasteiger partial charge in [-0.3, -0.25) is 0 Å². The number of fused-ring (bicyclic) bond motifs is 6. The highest BCUT2D eigenvalue weighted by molar-refractivity contribution is 6.17. The van der Waals surface area contributed by atoms with E-state index in [1.165, 1.54) is 0 Å². The van der Waals surface area contributed by atoms with Gasteiger partial charge in [0.05, 0.1) is 16.7 Å². The summed E-state index contributed by atoms with van der Waals surface area (Å²) in [6.07, 6.45) is 0. The second-order valence-electron chi connectivity index (χ2n) is 15.5. The van der Waals surface area contributed by atoms with Crippen LogP contribution in [0.1, 0.15) is 0 Å². The first-order chi connectivity index (χ1) is 30.7. The molecular weight excluding hydrogens is 757 g/mol. The van der Waals surface area contributed by atoms with E-state index in [4.69, 9.17) is 19.4 Å². The van der Waals surface area contributed by atoms with E-state index in [-0.39, 0.29) is 0 Å². The fourth-order valence-electron chi connectivity index (χ4n) is 9.02. The van der Waals surface area contributed by atoms with Crippen LogP contribution in [-0.4, -0.2) is 19.5 Å². The summed E-state index contributed by atoms with van der Waals surface area (Å²) in [6.45, 7) is 0. The maximum Gasteiger partial charge on any atom is 0.166 e. The van der Waals surface area contributed by atoms with Crippen LogP contribution in [0.2, 0.25) is 0 Å². The van der Waals surface area contributed by atoms with Crippen LogP contribution in [-0.2, 0) is 0 Å². The van der Waals surface area contributed by atoms with Crippen molar-refractivity contribution in [3.8, 4) is 73.2 Å². The number of hydrogen-bond acceptors (Lipinski definition) is 4. The van der Waals surface area contributed by atoms with Gasteiger partial charge in [0.1, 0.15) is 11.2 Å². The summed E-state index contributed by atoms with van der Waals surface area (Å²) in [5, 5.41) is 4.48. The van der Waals surface area contributed by atoms with Gasteiger partial charge in [0, 0.05) is 44.3 Å². The summed E-state index contributed by atoms with van der Waals surface area (Å²) in [5.41, 5.74) is 14.2. The van der Waals surface area contributed by atoms with Crippen molar-refractivity contribution in [2.45, 2.75) is 0 Å². The second-order valence-corrected chi connectivity index (χ2v) is 15.5. The van der Waals surface area contributed by atoms with E-state index in [9.17, 15) is 0 Å². The highest BCUT2D eigenvalue weighted by Gasteiger charge is 2.23. The molecule has 9 aromatic carbocycles. The van der Waals surface area contributed by atoms with Crippen molar-refractivity contribution in [2.24, 2.45) is 0 Å². The van der Waals surface area contributed by atoms with Crippen LogP contribution in [0.3, 0.4) is 0 Å². The summed E-state index contributed by atoms with van der Waals surface area (Å²) in [7, 11) is 0. The summed E-state index contributed by atoms with van der Waals surface area (Å²) in [5.74, 6) is 1.78. The van der Waals surface area contributed by atoms with Crippen molar-refractivity contribution in [3.63, 3.8) is 0 Å². The molecule has 0 aliphatic heterocycles. The second kappa shape index (κ2) is 14.7. The Balaban J connectivity index is 1.20. The monoisotopic (exact) mass is 792 g/mol. The Morgan fingerprint density at radius 3 is 1.47 bits per heavy atom. The average Bonchev–Trinajstić information content (AvgIpc) is 3.88. The predicted octanol–water partition coefficient (Wildman–Crippen LogP) is 14.9. The van der Waals surface area contributed by atoms with Crippen LogP contribution in [0, 0.1) is 0 Å². The SMILES string of the molecule is c1ccc(-c2nc(-c3ccccc3)nc(-c3cc(-c4c(-c5ccccc5)cccc4-c4ccccc4)ccc3-n3c4ccccc4c4cc5c(cc43)oc3ccccc35)n2)cc1. The first-order valence-corrected chi connectivity index (χ1v) is 20.9. The van der Waals surface area contributed by atoms with Gasteiger partial charge in [0.15, 0.2) is 17.5 Å². The third-order valence-electron chi connectivity index (χ3n) is 11.9. The molecule has 0 spiro atoms. The van der Waals surface area contributed by atoms with Crippen molar-refractivity contribution in [2.75, 3.05) is 0 Å². The minimum atomic E-state index is 0.573. The number of hydrogen-bond donors (Lipinski definition) is 0. The zero-order valence-corrected chi connectivity index (χ0v) is 33.5. The van der Waals surface area contributed by atoms with Gasteiger partial charge >= 0.3 is 0 Å². The van der Waals surface area contributed by atoms with Gasteiger partial charge in [-0.1, -0.05) is 182 Å². The van der Waals surface area contributed by atoms with Crippen molar-refractivity contribution in [1.82, 2.24) is 19.5 Å². The summed E-state index contributed by atoms with van der Waals surface area (Å²) in [6, 6.07) is 76.4. The smallest absolute Gasteiger partial charge is 0.166 e. The van der Waals surface area contributed by atoms with Crippen LogP contribution in [0.5, 0.6) is 0 Å². The molecule has 0 radical (unpaired) electrons. The van der Waals surface area contributed by atoms with E-state index in [0.717, 1.165) is 99.5 Å². The summed E-state index contributed by atoms with van der Waals surface area (Å²) < 4.78 is 8.89. The van der Waals surface area contributed by atoms with Crippen LogP contribution in [0.4, 0.5) is 0 Å². The van der Waals surface area contributed by atoms with E-state index in [1.54, 1.807) is 0 Å². The lowest BCUT2D eigenvalue weighted by Gasteiger charge is -2.20. The third-order valence-corrected chi connectivity index (χ3v) is 11.9. The van der Waals surface area contributed by atoms with E-state index in [2.05, 4.69) is 174 Å². The number of furan rings is 1. The molecular formula is C57H36N4O. The third kappa shape index (κ3) is 5.98. The lowest BCUT2D eigenvalue weighted by molar-refractivity contribution is 0.669. The topological polar surface area (TPSA) is 56.7 Å².